The molecule has 0 spiro atoms. The molecule has 5 heteroatoms. The maximum absolute atomic E-state index is 11.0. The van der Waals surface area contributed by atoms with Crippen molar-refractivity contribution in [2.45, 2.75) is 18.8 Å². The lowest BCUT2D eigenvalue weighted by Crippen LogP contribution is -2.22. The molecule has 0 bridgehead atoms. The number of carbonyl (C=O) groups is 1. The van der Waals surface area contributed by atoms with E-state index >= 15 is 0 Å². The largest absolute Gasteiger partial charge is 0.478 e. The number of aromatic carboxylic acids is 1. The van der Waals surface area contributed by atoms with Gasteiger partial charge in [0.1, 0.15) is 0 Å². The van der Waals surface area contributed by atoms with E-state index in [0.29, 0.717) is 25.2 Å². The molecule has 0 radical (unpaired) electrons. The minimum atomic E-state index is -0.958. The Morgan fingerprint density at radius 3 is 2.41 bits per heavy atom. The van der Waals surface area contributed by atoms with Crippen LogP contribution in [0.25, 0.3) is 0 Å². The number of likely N-dealkylation sites (tertiary alicyclic amines) is 1. The molecule has 17 heavy (non-hydrogen) atoms. The van der Waals surface area contributed by atoms with Crippen LogP contribution in [0.15, 0.2) is 24.3 Å². The summed E-state index contributed by atoms with van der Waals surface area (Å²) >= 11 is 0. The number of nitrogens with zero attached hydrogens (tertiary/aromatic N) is 1. The second-order valence-corrected chi connectivity index (χ2v) is 4.29. The van der Waals surface area contributed by atoms with Crippen molar-refractivity contribution >= 4 is 5.97 Å². The van der Waals surface area contributed by atoms with Gasteiger partial charge in [0.15, 0.2) is 0 Å². The SMILES string of the molecule is O=C(O)c1ccccc1CN1CC(O)C(O)C1. The van der Waals surface area contributed by atoms with E-state index in [1.807, 2.05) is 4.90 Å². The summed E-state index contributed by atoms with van der Waals surface area (Å²) in [5.41, 5.74) is 0.963. The van der Waals surface area contributed by atoms with E-state index in [4.69, 9.17) is 5.11 Å². The van der Waals surface area contributed by atoms with E-state index in [1.54, 1.807) is 24.3 Å². The molecule has 1 aromatic rings. The van der Waals surface area contributed by atoms with Crippen molar-refractivity contribution in [3.05, 3.63) is 35.4 Å². The Balaban J connectivity index is 2.11. The van der Waals surface area contributed by atoms with Gasteiger partial charge in [0.25, 0.3) is 0 Å². The predicted octanol–water partition coefficient (Wildman–Crippen LogP) is -0.0778. The van der Waals surface area contributed by atoms with Gasteiger partial charge in [-0.05, 0) is 11.6 Å². The summed E-state index contributed by atoms with van der Waals surface area (Å²) < 4.78 is 0. The van der Waals surface area contributed by atoms with Crippen LogP contribution in [-0.4, -0.2) is 51.5 Å². The zero-order valence-electron chi connectivity index (χ0n) is 9.28. The highest BCUT2D eigenvalue weighted by Gasteiger charge is 2.29. The maximum atomic E-state index is 11.0. The second-order valence-electron chi connectivity index (χ2n) is 4.29. The molecule has 1 heterocycles. The third-order valence-electron chi connectivity index (χ3n) is 2.98. The lowest BCUT2D eigenvalue weighted by molar-refractivity contribution is 0.0572. The molecule has 3 N–H and O–H groups in total. The third-order valence-corrected chi connectivity index (χ3v) is 2.98. The first kappa shape index (κ1) is 12.0. The molecule has 0 saturated carbocycles. The first-order valence-electron chi connectivity index (χ1n) is 5.47. The Bertz CT molecular complexity index is 411. The van der Waals surface area contributed by atoms with Crippen LogP contribution < -0.4 is 0 Å². The molecule has 0 amide bonds. The van der Waals surface area contributed by atoms with E-state index in [9.17, 15) is 15.0 Å². The van der Waals surface area contributed by atoms with Gasteiger partial charge in [0.2, 0.25) is 0 Å². The van der Waals surface area contributed by atoms with Gasteiger partial charge >= 0.3 is 5.97 Å². The fourth-order valence-corrected chi connectivity index (χ4v) is 2.08. The number of benzene rings is 1. The van der Waals surface area contributed by atoms with Crippen molar-refractivity contribution in [1.29, 1.82) is 0 Å². The summed E-state index contributed by atoms with van der Waals surface area (Å²) in [6.07, 6.45) is -1.49. The zero-order valence-corrected chi connectivity index (χ0v) is 9.28. The molecule has 2 rings (SSSR count). The third kappa shape index (κ3) is 2.63. The van der Waals surface area contributed by atoms with Gasteiger partial charge in [-0.25, -0.2) is 4.79 Å². The van der Waals surface area contributed by atoms with Crippen LogP contribution in [0.4, 0.5) is 0 Å². The van der Waals surface area contributed by atoms with Crippen molar-refractivity contribution in [3.8, 4) is 0 Å². The van der Waals surface area contributed by atoms with Crippen LogP contribution in [0.3, 0.4) is 0 Å². The fraction of sp³-hybridized carbons (Fsp3) is 0.417. The number of carboxylic acids is 1. The quantitative estimate of drug-likeness (QED) is 0.685. The number of aliphatic hydroxyl groups excluding tert-OH is 2. The molecule has 92 valence electrons. The van der Waals surface area contributed by atoms with Crippen LogP contribution >= 0.6 is 0 Å². The number of β-amino-alcohol motifs (C(OH)–C–C–N with tert-alkyl or cyclic N) is 2. The molecule has 1 aliphatic rings. The normalized spacial score (nSPS) is 25.1. The Morgan fingerprint density at radius 2 is 1.82 bits per heavy atom. The number of aliphatic hydroxyl groups is 2. The molecule has 1 fully saturated rings. The topological polar surface area (TPSA) is 81.0 Å². The minimum absolute atomic E-state index is 0.267. The first-order valence-corrected chi connectivity index (χ1v) is 5.47. The minimum Gasteiger partial charge on any atom is -0.478 e. The number of rotatable bonds is 3. The summed E-state index contributed by atoms with van der Waals surface area (Å²) in [6.45, 7) is 1.17. The van der Waals surface area contributed by atoms with E-state index in [2.05, 4.69) is 0 Å². The molecule has 1 aliphatic heterocycles. The highest BCUT2D eigenvalue weighted by molar-refractivity contribution is 5.89. The molecular weight excluding hydrogens is 222 g/mol. The first-order chi connectivity index (χ1) is 8.08. The molecule has 0 aliphatic carbocycles. The van der Waals surface area contributed by atoms with Crippen molar-refractivity contribution in [2.24, 2.45) is 0 Å². The second kappa shape index (κ2) is 4.83. The summed E-state index contributed by atoms with van der Waals surface area (Å²) in [4.78, 5) is 12.9. The predicted molar refractivity (Wildman–Crippen MR) is 60.7 cm³/mol. The van der Waals surface area contributed by atoms with E-state index in [-0.39, 0.29) is 5.56 Å². The van der Waals surface area contributed by atoms with Crippen molar-refractivity contribution in [2.75, 3.05) is 13.1 Å². The highest BCUT2D eigenvalue weighted by Crippen LogP contribution is 2.16. The smallest absolute Gasteiger partial charge is 0.336 e. The van der Waals surface area contributed by atoms with Crippen molar-refractivity contribution in [3.63, 3.8) is 0 Å². The molecule has 2 atom stereocenters. The summed E-state index contributed by atoms with van der Waals surface area (Å²) in [7, 11) is 0. The number of hydrogen-bond acceptors (Lipinski definition) is 4. The lowest BCUT2D eigenvalue weighted by Gasteiger charge is -2.16. The molecule has 2 unspecified atom stereocenters. The summed E-state index contributed by atoms with van der Waals surface area (Å²) in [5.74, 6) is -0.958. The van der Waals surface area contributed by atoms with Gasteiger partial charge in [-0.2, -0.15) is 0 Å². The van der Waals surface area contributed by atoms with E-state index in [1.165, 1.54) is 0 Å². The molecular formula is C12H15NO4. The van der Waals surface area contributed by atoms with Gasteiger partial charge in [-0.1, -0.05) is 18.2 Å². The van der Waals surface area contributed by atoms with Gasteiger partial charge in [0, 0.05) is 19.6 Å². The van der Waals surface area contributed by atoms with Crippen molar-refractivity contribution < 1.29 is 20.1 Å². The van der Waals surface area contributed by atoms with E-state index < -0.39 is 18.2 Å². The molecule has 5 nitrogen and oxygen atoms in total. The zero-order chi connectivity index (χ0) is 12.4. The Kier molecular flexibility index (Phi) is 3.42. The van der Waals surface area contributed by atoms with Crippen LogP contribution in [0, 0.1) is 0 Å². The lowest BCUT2D eigenvalue weighted by atomic mass is 10.1. The van der Waals surface area contributed by atoms with Gasteiger partial charge < -0.3 is 15.3 Å². The Hall–Kier alpha value is -1.43. The van der Waals surface area contributed by atoms with Gasteiger partial charge in [-0.15, -0.1) is 0 Å². The fourth-order valence-electron chi connectivity index (χ4n) is 2.08. The summed E-state index contributed by atoms with van der Waals surface area (Å²) in [5, 5.41) is 27.9. The monoisotopic (exact) mass is 237 g/mol. The van der Waals surface area contributed by atoms with Crippen LogP contribution in [0.5, 0.6) is 0 Å². The highest BCUT2D eigenvalue weighted by atomic mass is 16.4. The Labute approximate surface area is 98.9 Å². The van der Waals surface area contributed by atoms with Gasteiger partial charge in [-0.3, -0.25) is 4.90 Å². The van der Waals surface area contributed by atoms with Crippen molar-refractivity contribution in [1.82, 2.24) is 4.90 Å². The number of hydrogen-bond donors (Lipinski definition) is 3. The average Bonchev–Trinajstić information content (AvgIpc) is 2.58. The van der Waals surface area contributed by atoms with Crippen LogP contribution in [0.1, 0.15) is 15.9 Å². The molecule has 1 aromatic carbocycles. The Morgan fingerprint density at radius 1 is 1.24 bits per heavy atom. The molecule has 1 saturated heterocycles. The van der Waals surface area contributed by atoms with Gasteiger partial charge in [0.05, 0.1) is 17.8 Å². The van der Waals surface area contributed by atoms with E-state index in [0.717, 1.165) is 0 Å². The maximum Gasteiger partial charge on any atom is 0.336 e. The molecule has 0 aromatic heterocycles. The van der Waals surface area contributed by atoms with Crippen LogP contribution in [0.2, 0.25) is 0 Å². The summed E-state index contributed by atoms with van der Waals surface area (Å²) in [6, 6.07) is 6.77. The standard InChI is InChI=1S/C12H15NO4/c14-10-6-13(7-11(10)15)5-8-3-1-2-4-9(8)12(16)17/h1-4,10-11,14-15H,5-7H2,(H,16,17). The average molecular weight is 237 g/mol. The van der Waals surface area contributed by atoms with Crippen LogP contribution in [-0.2, 0) is 6.54 Å². The number of carboxylic acid groups (broad SMARTS) is 1.